The predicted molar refractivity (Wildman–Crippen MR) is 101 cm³/mol. The summed E-state index contributed by atoms with van der Waals surface area (Å²) in [6.45, 7) is 10.3. The molecule has 140 valence electrons. The number of urea groups is 1. The van der Waals surface area contributed by atoms with E-state index in [0.717, 1.165) is 11.0 Å². The number of hydrogen-bond donors (Lipinski definition) is 1. The van der Waals surface area contributed by atoms with Gasteiger partial charge in [-0.1, -0.05) is 0 Å². The maximum atomic E-state index is 12.8. The highest BCUT2D eigenvalue weighted by Gasteiger charge is 2.25. The summed E-state index contributed by atoms with van der Waals surface area (Å²) in [6, 6.07) is 6.05. The summed E-state index contributed by atoms with van der Waals surface area (Å²) in [4.78, 5) is 32.9. The highest BCUT2D eigenvalue weighted by atomic mass is 16.2. The van der Waals surface area contributed by atoms with E-state index in [1.165, 1.54) is 0 Å². The van der Waals surface area contributed by atoms with Crippen molar-refractivity contribution in [2.75, 3.05) is 26.2 Å². The van der Waals surface area contributed by atoms with Crippen LogP contribution in [0.2, 0.25) is 0 Å². The molecule has 1 aliphatic heterocycles. The molecule has 1 N–H and O–H groups in total. The minimum atomic E-state index is -0.0623. The summed E-state index contributed by atoms with van der Waals surface area (Å²) >= 11 is 0. The predicted octanol–water partition coefficient (Wildman–Crippen LogP) is 2.49. The lowest BCUT2D eigenvalue weighted by molar-refractivity contribution is 0.0664. The Morgan fingerprint density at radius 1 is 1.04 bits per heavy atom. The molecule has 0 spiro atoms. The average molecular weight is 357 g/mol. The van der Waals surface area contributed by atoms with E-state index in [0.29, 0.717) is 37.8 Å². The Balaban J connectivity index is 1.67. The van der Waals surface area contributed by atoms with Gasteiger partial charge in [-0.3, -0.25) is 4.79 Å². The molecule has 1 fully saturated rings. The lowest BCUT2D eigenvalue weighted by Crippen LogP contribution is -2.54. The molecule has 2 aromatic rings. The standard InChI is InChI=1S/C19H27N5O2/c1-13(2)21-19(26)23-9-7-22(8-10-23)18(25)15-5-6-17-16(11-15)20-12-24(17)14(3)4/h5-6,11-14H,7-10H2,1-4H3,(H,21,26). The monoisotopic (exact) mass is 357 g/mol. The summed E-state index contributed by atoms with van der Waals surface area (Å²) in [7, 11) is 0. The van der Waals surface area contributed by atoms with Gasteiger partial charge in [-0.25, -0.2) is 9.78 Å². The molecule has 0 radical (unpaired) electrons. The van der Waals surface area contributed by atoms with Crippen LogP contribution in [-0.2, 0) is 0 Å². The molecule has 1 aliphatic rings. The average Bonchev–Trinajstić information content (AvgIpc) is 3.04. The lowest BCUT2D eigenvalue weighted by Gasteiger charge is -2.35. The van der Waals surface area contributed by atoms with E-state index < -0.39 is 0 Å². The van der Waals surface area contributed by atoms with Crippen LogP contribution >= 0.6 is 0 Å². The second-order valence-electron chi connectivity index (χ2n) is 7.33. The number of fused-ring (bicyclic) bond motifs is 1. The molecule has 0 atom stereocenters. The molecule has 26 heavy (non-hydrogen) atoms. The second kappa shape index (κ2) is 7.35. The van der Waals surface area contributed by atoms with E-state index in [-0.39, 0.29) is 18.0 Å². The molecule has 2 heterocycles. The number of rotatable bonds is 3. The third kappa shape index (κ3) is 3.66. The second-order valence-corrected chi connectivity index (χ2v) is 7.33. The maximum absolute atomic E-state index is 12.8. The zero-order valence-corrected chi connectivity index (χ0v) is 15.9. The van der Waals surface area contributed by atoms with Gasteiger partial charge in [0.25, 0.3) is 5.91 Å². The van der Waals surface area contributed by atoms with Crippen LogP contribution in [0.25, 0.3) is 11.0 Å². The number of aromatic nitrogens is 2. The van der Waals surface area contributed by atoms with Gasteiger partial charge >= 0.3 is 6.03 Å². The Labute approximate surface area is 154 Å². The van der Waals surface area contributed by atoms with Crippen molar-refractivity contribution in [3.8, 4) is 0 Å². The van der Waals surface area contributed by atoms with E-state index in [9.17, 15) is 9.59 Å². The highest BCUT2D eigenvalue weighted by Crippen LogP contribution is 2.20. The number of hydrogen-bond acceptors (Lipinski definition) is 3. The quantitative estimate of drug-likeness (QED) is 0.917. The van der Waals surface area contributed by atoms with Crippen molar-refractivity contribution in [2.24, 2.45) is 0 Å². The van der Waals surface area contributed by atoms with Crippen LogP contribution in [0.1, 0.15) is 44.1 Å². The van der Waals surface area contributed by atoms with Gasteiger partial charge < -0.3 is 19.7 Å². The van der Waals surface area contributed by atoms with Crippen molar-refractivity contribution in [1.82, 2.24) is 24.7 Å². The van der Waals surface area contributed by atoms with Crippen molar-refractivity contribution in [2.45, 2.75) is 39.8 Å². The van der Waals surface area contributed by atoms with Gasteiger partial charge in [-0.2, -0.15) is 0 Å². The lowest BCUT2D eigenvalue weighted by atomic mass is 10.1. The Morgan fingerprint density at radius 3 is 2.31 bits per heavy atom. The van der Waals surface area contributed by atoms with Gasteiger partial charge in [0.1, 0.15) is 0 Å². The van der Waals surface area contributed by atoms with Crippen LogP contribution in [0.5, 0.6) is 0 Å². The SMILES string of the molecule is CC(C)NC(=O)N1CCN(C(=O)c2ccc3c(c2)ncn3C(C)C)CC1. The van der Waals surface area contributed by atoms with Crippen LogP contribution in [0.3, 0.4) is 0 Å². The molecule has 1 aromatic heterocycles. The fraction of sp³-hybridized carbons (Fsp3) is 0.526. The smallest absolute Gasteiger partial charge is 0.317 e. The molecule has 7 heteroatoms. The summed E-state index contributed by atoms with van der Waals surface area (Å²) in [5, 5.41) is 2.89. The third-order valence-electron chi connectivity index (χ3n) is 4.64. The summed E-state index contributed by atoms with van der Waals surface area (Å²) in [6.07, 6.45) is 1.82. The van der Waals surface area contributed by atoms with Gasteiger partial charge in [0.2, 0.25) is 0 Å². The molecule has 1 aromatic carbocycles. The van der Waals surface area contributed by atoms with Gasteiger partial charge in [-0.05, 0) is 45.9 Å². The fourth-order valence-corrected chi connectivity index (χ4v) is 3.21. The third-order valence-corrected chi connectivity index (χ3v) is 4.64. The first kappa shape index (κ1) is 18.2. The molecule has 3 rings (SSSR count). The van der Waals surface area contributed by atoms with Gasteiger partial charge in [-0.15, -0.1) is 0 Å². The maximum Gasteiger partial charge on any atom is 0.317 e. The number of amides is 3. The minimum absolute atomic E-state index is 0.00471. The molecule has 3 amide bonds. The zero-order valence-electron chi connectivity index (χ0n) is 15.9. The zero-order chi connectivity index (χ0) is 18.8. The van der Waals surface area contributed by atoms with Crippen LogP contribution in [0, 0.1) is 0 Å². The van der Waals surface area contributed by atoms with Gasteiger partial charge in [0, 0.05) is 43.8 Å². The number of carbonyl (C=O) groups excluding carboxylic acids is 2. The van der Waals surface area contributed by atoms with E-state index >= 15 is 0 Å². The first-order chi connectivity index (χ1) is 12.4. The van der Waals surface area contributed by atoms with E-state index in [1.807, 2.05) is 38.4 Å². The number of piperazine rings is 1. The van der Waals surface area contributed by atoms with Crippen LogP contribution < -0.4 is 5.32 Å². The summed E-state index contributed by atoms with van der Waals surface area (Å²) < 4.78 is 2.09. The van der Waals surface area contributed by atoms with Crippen molar-refractivity contribution in [3.63, 3.8) is 0 Å². The number of nitrogens with zero attached hydrogens (tertiary/aromatic N) is 4. The van der Waals surface area contributed by atoms with Gasteiger partial charge in [0.15, 0.2) is 0 Å². The van der Waals surface area contributed by atoms with Crippen LogP contribution in [0.15, 0.2) is 24.5 Å². The number of nitrogens with one attached hydrogen (secondary N) is 1. The number of imidazole rings is 1. The normalized spacial score (nSPS) is 15.2. The number of benzene rings is 1. The Morgan fingerprint density at radius 2 is 1.69 bits per heavy atom. The number of carbonyl (C=O) groups is 2. The van der Waals surface area contributed by atoms with E-state index in [2.05, 4.69) is 28.7 Å². The highest BCUT2D eigenvalue weighted by molar-refractivity contribution is 5.97. The van der Waals surface area contributed by atoms with Crippen LogP contribution in [-0.4, -0.2) is 63.5 Å². The summed E-state index contributed by atoms with van der Waals surface area (Å²) in [5.74, 6) is -0.00471. The molecule has 0 saturated carbocycles. The molecular weight excluding hydrogens is 330 g/mol. The molecule has 0 aliphatic carbocycles. The summed E-state index contributed by atoms with van der Waals surface area (Å²) in [5.41, 5.74) is 2.51. The largest absolute Gasteiger partial charge is 0.336 e. The first-order valence-electron chi connectivity index (χ1n) is 9.18. The van der Waals surface area contributed by atoms with Crippen molar-refractivity contribution in [1.29, 1.82) is 0 Å². The van der Waals surface area contributed by atoms with Crippen LogP contribution in [0.4, 0.5) is 4.79 Å². The van der Waals surface area contributed by atoms with Crippen molar-refractivity contribution < 1.29 is 9.59 Å². The molecule has 0 bridgehead atoms. The molecule has 1 saturated heterocycles. The Kier molecular flexibility index (Phi) is 5.15. The van der Waals surface area contributed by atoms with Crippen molar-refractivity contribution in [3.05, 3.63) is 30.1 Å². The Bertz CT molecular complexity index is 803. The minimum Gasteiger partial charge on any atom is -0.336 e. The van der Waals surface area contributed by atoms with E-state index in [4.69, 9.17) is 0 Å². The van der Waals surface area contributed by atoms with Crippen molar-refractivity contribution >= 4 is 23.0 Å². The topological polar surface area (TPSA) is 70.5 Å². The molecular formula is C19H27N5O2. The van der Waals surface area contributed by atoms with Gasteiger partial charge in [0.05, 0.1) is 17.4 Å². The van der Waals surface area contributed by atoms with E-state index in [1.54, 1.807) is 9.80 Å². The Hall–Kier alpha value is -2.57. The first-order valence-corrected chi connectivity index (χ1v) is 9.18. The molecule has 0 unspecified atom stereocenters. The fourth-order valence-electron chi connectivity index (χ4n) is 3.21. The molecule has 7 nitrogen and oxygen atoms in total.